The van der Waals surface area contributed by atoms with Crippen LogP contribution in [-0.4, -0.2) is 29.9 Å². The Kier molecular flexibility index (Phi) is 6.41. The number of benzene rings is 1. The van der Waals surface area contributed by atoms with Crippen molar-refractivity contribution in [2.45, 2.75) is 39.4 Å². The highest BCUT2D eigenvalue weighted by molar-refractivity contribution is 5.76. The van der Waals surface area contributed by atoms with Crippen LogP contribution in [0.1, 0.15) is 36.2 Å². The Labute approximate surface area is 148 Å². The third-order valence-corrected chi connectivity index (χ3v) is 4.09. The van der Waals surface area contributed by atoms with E-state index in [0.29, 0.717) is 18.0 Å². The van der Waals surface area contributed by atoms with E-state index in [1.807, 2.05) is 30.8 Å². The molecule has 2 aromatic rings. The highest BCUT2D eigenvalue weighted by atomic mass is 16.5. The van der Waals surface area contributed by atoms with Crippen LogP contribution < -0.4 is 20.5 Å². The average molecular weight is 346 g/mol. The Morgan fingerprint density at radius 2 is 2.04 bits per heavy atom. The lowest BCUT2D eigenvalue weighted by atomic mass is 10.0. The summed E-state index contributed by atoms with van der Waals surface area (Å²) >= 11 is 0. The number of rotatable bonds is 8. The molecule has 0 fully saturated rings. The summed E-state index contributed by atoms with van der Waals surface area (Å²) in [7, 11) is 3.15. The topological polar surface area (TPSA) is 91.4 Å². The largest absolute Gasteiger partial charge is 0.493 e. The minimum Gasteiger partial charge on any atom is -0.493 e. The van der Waals surface area contributed by atoms with Gasteiger partial charge in [-0.25, -0.2) is 0 Å². The third-order valence-electron chi connectivity index (χ3n) is 4.09. The van der Waals surface area contributed by atoms with Crippen LogP contribution in [0.15, 0.2) is 24.4 Å². The summed E-state index contributed by atoms with van der Waals surface area (Å²) < 4.78 is 12.3. The first-order chi connectivity index (χ1) is 12.0. The molecule has 136 valence electrons. The zero-order valence-electron chi connectivity index (χ0n) is 15.2. The first-order valence-corrected chi connectivity index (χ1v) is 8.25. The van der Waals surface area contributed by atoms with Crippen LogP contribution in [0.4, 0.5) is 0 Å². The molecule has 0 aliphatic rings. The highest BCUT2D eigenvalue weighted by Crippen LogP contribution is 2.30. The molecule has 2 rings (SSSR count). The quantitative estimate of drug-likeness (QED) is 0.762. The SMILES string of the molecule is CCn1cc(CNC(=O)C[C@@H](N)c2ccc(OC)c(OC)c2)c(C)n1. The van der Waals surface area contributed by atoms with Crippen LogP contribution in [0.5, 0.6) is 11.5 Å². The summed E-state index contributed by atoms with van der Waals surface area (Å²) in [6.45, 7) is 5.21. The lowest BCUT2D eigenvalue weighted by Crippen LogP contribution is -2.27. The summed E-state index contributed by atoms with van der Waals surface area (Å²) in [5.41, 5.74) is 8.92. The standard InChI is InChI=1S/C18H26N4O3/c1-5-22-11-14(12(2)21-22)10-20-18(23)9-15(19)13-6-7-16(24-3)17(8-13)25-4/h6-8,11,15H,5,9-10,19H2,1-4H3,(H,20,23)/t15-/m1/s1. The molecule has 7 nitrogen and oxygen atoms in total. The maximum atomic E-state index is 12.2. The van der Waals surface area contributed by atoms with E-state index in [-0.39, 0.29) is 12.3 Å². The molecule has 1 aromatic carbocycles. The number of nitrogens with one attached hydrogen (secondary N) is 1. The minimum atomic E-state index is -0.417. The molecule has 0 aliphatic carbocycles. The second-order valence-corrected chi connectivity index (χ2v) is 5.80. The van der Waals surface area contributed by atoms with Gasteiger partial charge in [-0.2, -0.15) is 5.10 Å². The molecule has 0 saturated heterocycles. The maximum Gasteiger partial charge on any atom is 0.222 e. The van der Waals surface area contributed by atoms with Crippen LogP contribution in [0, 0.1) is 6.92 Å². The Bertz CT molecular complexity index is 727. The van der Waals surface area contributed by atoms with Gasteiger partial charge in [0.05, 0.1) is 19.9 Å². The van der Waals surface area contributed by atoms with Gasteiger partial charge < -0.3 is 20.5 Å². The summed E-state index contributed by atoms with van der Waals surface area (Å²) in [4.78, 5) is 12.2. The minimum absolute atomic E-state index is 0.106. The fourth-order valence-corrected chi connectivity index (χ4v) is 2.56. The van der Waals surface area contributed by atoms with Gasteiger partial charge in [0.1, 0.15) is 0 Å². The van der Waals surface area contributed by atoms with E-state index in [9.17, 15) is 4.79 Å². The third kappa shape index (κ3) is 4.73. The van der Waals surface area contributed by atoms with Gasteiger partial charge in [-0.05, 0) is 31.5 Å². The monoisotopic (exact) mass is 346 g/mol. The van der Waals surface area contributed by atoms with Gasteiger partial charge in [-0.1, -0.05) is 6.07 Å². The molecule has 3 N–H and O–H groups in total. The Balaban J connectivity index is 1.94. The van der Waals surface area contributed by atoms with Crippen LogP contribution in [0.2, 0.25) is 0 Å². The summed E-state index contributed by atoms with van der Waals surface area (Å²) in [5.74, 6) is 1.12. The van der Waals surface area contributed by atoms with Crippen molar-refractivity contribution in [2.75, 3.05) is 14.2 Å². The summed E-state index contributed by atoms with van der Waals surface area (Å²) in [6.07, 6.45) is 2.14. The average Bonchev–Trinajstić information content (AvgIpc) is 2.99. The first kappa shape index (κ1) is 18.8. The fourth-order valence-electron chi connectivity index (χ4n) is 2.56. The second-order valence-electron chi connectivity index (χ2n) is 5.80. The molecule has 25 heavy (non-hydrogen) atoms. The van der Waals surface area contributed by atoms with Crippen molar-refractivity contribution >= 4 is 5.91 Å². The van der Waals surface area contributed by atoms with E-state index in [0.717, 1.165) is 23.4 Å². The Morgan fingerprint density at radius 1 is 1.32 bits per heavy atom. The number of ether oxygens (including phenoxy) is 2. The van der Waals surface area contributed by atoms with Crippen molar-refractivity contribution in [3.63, 3.8) is 0 Å². The van der Waals surface area contributed by atoms with E-state index < -0.39 is 6.04 Å². The van der Waals surface area contributed by atoms with E-state index >= 15 is 0 Å². The summed E-state index contributed by atoms with van der Waals surface area (Å²) in [6, 6.07) is 5.01. The number of aromatic nitrogens is 2. The number of hydrogen-bond donors (Lipinski definition) is 2. The predicted molar refractivity (Wildman–Crippen MR) is 95.6 cm³/mol. The van der Waals surface area contributed by atoms with E-state index in [2.05, 4.69) is 10.4 Å². The van der Waals surface area contributed by atoms with E-state index in [1.54, 1.807) is 26.4 Å². The molecule has 0 spiro atoms. The number of nitrogens with zero attached hydrogens (tertiary/aromatic N) is 2. The Hall–Kier alpha value is -2.54. The molecule has 0 bridgehead atoms. The maximum absolute atomic E-state index is 12.2. The lowest BCUT2D eigenvalue weighted by Gasteiger charge is -2.15. The molecule has 0 saturated carbocycles. The van der Waals surface area contributed by atoms with Crippen molar-refractivity contribution in [1.29, 1.82) is 0 Å². The highest BCUT2D eigenvalue weighted by Gasteiger charge is 2.15. The molecule has 0 radical (unpaired) electrons. The number of aryl methyl sites for hydroxylation is 2. The van der Waals surface area contributed by atoms with E-state index in [4.69, 9.17) is 15.2 Å². The van der Waals surface area contributed by atoms with Crippen molar-refractivity contribution < 1.29 is 14.3 Å². The fraction of sp³-hybridized carbons (Fsp3) is 0.444. The van der Waals surface area contributed by atoms with Gasteiger partial charge in [0.25, 0.3) is 0 Å². The van der Waals surface area contributed by atoms with Gasteiger partial charge >= 0.3 is 0 Å². The van der Waals surface area contributed by atoms with Crippen LogP contribution in [0.3, 0.4) is 0 Å². The Morgan fingerprint density at radius 3 is 2.64 bits per heavy atom. The number of carbonyl (C=O) groups is 1. The van der Waals surface area contributed by atoms with Gasteiger partial charge in [0.15, 0.2) is 11.5 Å². The summed E-state index contributed by atoms with van der Waals surface area (Å²) in [5, 5.41) is 7.27. The molecule has 1 aromatic heterocycles. The van der Waals surface area contributed by atoms with Crippen LogP contribution in [0.25, 0.3) is 0 Å². The molecule has 0 aliphatic heterocycles. The number of carbonyl (C=O) groups excluding carboxylic acids is 1. The van der Waals surface area contributed by atoms with Gasteiger partial charge in [-0.3, -0.25) is 9.48 Å². The van der Waals surface area contributed by atoms with Crippen molar-refractivity contribution in [3.05, 3.63) is 41.2 Å². The van der Waals surface area contributed by atoms with Gasteiger partial charge in [0.2, 0.25) is 5.91 Å². The molecule has 1 amide bonds. The van der Waals surface area contributed by atoms with Crippen LogP contribution in [-0.2, 0) is 17.9 Å². The number of amides is 1. The lowest BCUT2D eigenvalue weighted by molar-refractivity contribution is -0.121. The molecule has 1 atom stereocenters. The molecule has 1 heterocycles. The molecule has 7 heteroatoms. The molecular weight excluding hydrogens is 320 g/mol. The molecule has 0 unspecified atom stereocenters. The number of hydrogen-bond acceptors (Lipinski definition) is 5. The number of nitrogens with two attached hydrogens (primary N) is 1. The van der Waals surface area contributed by atoms with Crippen molar-refractivity contribution in [2.24, 2.45) is 5.73 Å². The second kappa shape index (κ2) is 8.53. The smallest absolute Gasteiger partial charge is 0.222 e. The van der Waals surface area contributed by atoms with E-state index in [1.165, 1.54) is 0 Å². The number of methoxy groups -OCH3 is 2. The van der Waals surface area contributed by atoms with Crippen LogP contribution >= 0.6 is 0 Å². The first-order valence-electron chi connectivity index (χ1n) is 8.25. The zero-order valence-corrected chi connectivity index (χ0v) is 15.2. The van der Waals surface area contributed by atoms with Gasteiger partial charge in [0, 0.05) is 37.3 Å². The predicted octanol–water partition coefficient (Wildman–Crippen LogP) is 1.93. The normalized spacial score (nSPS) is 11.9. The zero-order chi connectivity index (χ0) is 18.4. The van der Waals surface area contributed by atoms with Crippen molar-refractivity contribution in [3.8, 4) is 11.5 Å². The molecular formula is C18H26N4O3. The van der Waals surface area contributed by atoms with Gasteiger partial charge in [-0.15, -0.1) is 0 Å². The van der Waals surface area contributed by atoms with Crippen molar-refractivity contribution in [1.82, 2.24) is 15.1 Å².